The van der Waals surface area contributed by atoms with Gasteiger partial charge >= 0.3 is 17.9 Å². The van der Waals surface area contributed by atoms with Gasteiger partial charge in [0.2, 0.25) is 5.76 Å². The van der Waals surface area contributed by atoms with Crippen molar-refractivity contribution in [2.24, 2.45) is 0 Å². The Hall–Kier alpha value is -2.91. The number of nitrogens with zero attached hydrogens (tertiary/aromatic N) is 1. The molecule has 10 heteroatoms. The number of ether oxygens (including phenoxy) is 1. The predicted octanol–water partition coefficient (Wildman–Crippen LogP) is 0.579. The van der Waals surface area contributed by atoms with E-state index < -0.39 is 40.6 Å². The summed E-state index contributed by atoms with van der Waals surface area (Å²) < 4.78 is 9.35. The second kappa shape index (κ2) is 7.03. The van der Waals surface area contributed by atoms with Gasteiger partial charge in [0.05, 0.1) is 6.07 Å². The molecule has 0 fully saturated rings. The van der Waals surface area contributed by atoms with Crippen LogP contribution in [-0.4, -0.2) is 35.5 Å². The molecule has 0 radical (unpaired) electrons. The van der Waals surface area contributed by atoms with E-state index in [0.717, 1.165) is 12.1 Å². The summed E-state index contributed by atoms with van der Waals surface area (Å²) in [6.45, 7) is 3.23. The normalized spacial score (nSPS) is 11.3. The van der Waals surface area contributed by atoms with Crippen LogP contribution in [0.1, 0.15) is 24.4 Å². The van der Waals surface area contributed by atoms with E-state index in [-0.39, 0.29) is 0 Å². The maximum absolute atomic E-state index is 11.6. The molecule has 0 saturated heterocycles. The summed E-state index contributed by atoms with van der Waals surface area (Å²) in [6, 6.07) is 1.31. The van der Waals surface area contributed by atoms with Gasteiger partial charge in [0, 0.05) is 6.54 Å². The molecular weight excluding hydrogens is 286 g/mol. The number of nitro groups is 1. The summed E-state index contributed by atoms with van der Waals surface area (Å²) in [5, 5.41) is 14.7. The third kappa shape index (κ3) is 4.60. The van der Waals surface area contributed by atoms with Crippen molar-refractivity contribution in [1.82, 2.24) is 10.6 Å². The van der Waals surface area contributed by atoms with Crippen LogP contribution in [0.4, 0.5) is 10.7 Å². The SMILES string of the molecule is CCNC(=O)NC(=O)[C@H](C)OC(=O)c1ccc([N+](=O)[O-])o1. The second-order valence-electron chi connectivity index (χ2n) is 3.79. The number of hydrogen-bond acceptors (Lipinski definition) is 7. The van der Waals surface area contributed by atoms with Crippen molar-refractivity contribution < 1.29 is 28.5 Å². The second-order valence-corrected chi connectivity index (χ2v) is 3.79. The first-order chi connectivity index (χ1) is 9.85. The number of rotatable bonds is 5. The standard InChI is InChI=1S/C11H13N3O7/c1-3-12-11(17)13-9(15)6(2)20-10(16)7-4-5-8(21-7)14(18)19/h4-6H,3H2,1-2H3,(H2,12,13,15,17)/t6-/m0/s1. The summed E-state index contributed by atoms with van der Waals surface area (Å²) in [6.07, 6.45) is -1.27. The van der Waals surface area contributed by atoms with Crippen molar-refractivity contribution in [2.75, 3.05) is 6.54 Å². The lowest BCUT2D eigenvalue weighted by atomic mass is 10.3. The van der Waals surface area contributed by atoms with E-state index in [9.17, 15) is 24.5 Å². The van der Waals surface area contributed by atoms with Crippen molar-refractivity contribution >= 4 is 23.8 Å². The molecule has 0 aliphatic carbocycles. The summed E-state index contributed by atoms with van der Waals surface area (Å²) >= 11 is 0. The molecule has 0 unspecified atom stereocenters. The first kappa shape index (κ1) is 16.1. The van der Waals surface area contributed by atoms with Crippen LogP contribution in [0.25, 0.3) is 0 Å². The number of carbonyl (C=O) groups excluding carboxylic acids is 3. The molecule has 114 valence electrons. The number of furan rings is 1. The highest BCUT2D eigenvalue weighted by atomic mass is 16.7. The zero-order chi connectivity index (χ0) is 16.0. The molecule has 21 heavy (non-hydrogen) atoms. The highest BCUT2D eigenvalue weighted by Crippen LogP contribution is 2.16. The average molecular weight is 299 g/mol. The minimum absolute atomic E-state index is 0.323. The molecule has 1 heterocycles. The van der Waals surface area contributed by atoms with Gasteiger partial charge in [-0.15, -0.1) is 0 Å². The molecular formula is C11H13N3O7. The van der Waals surface area contributed by atoms with Gasteiger partial charge in [0.15, 0.2) is 6.10 Å². The van der Waals surface area contributed by atoms with Crippen LogP contribution >= 0.6 is 0 Å². The average Bonchev–Trinajstić information content (AvgIpc) is 2.88. The van der Waals surface area contributed by atoms with Crippen molar-refractivity contribution in [3.05, 3.63) is 28.0 Å². The topological polar surface area (TPSA) is 141 Å². The third-order valence-corrected chi connectivity index (χ3v) is 2.20. The predicted molar refractivity (Wildman–Crippen MR) is 67.5 cm³/mol. The molecule has 1 aromatic heterocycles. The molecule has 3 amide bonds. The summed E-state index contributed by atoms with van der Waals surface area (Å²) in [5.41, 5.74) is 0. The van der Waals surface area contributed by atoms with Gasteiger partial charge in [-0.05, 0) is 19.9 Å². The van der Waals surface area contributed by atoms with Gasteiger partial charge in [0.1, 0.15) is 4.92 Å². The molecule has 1 rings (SSSR count). The summed E-state index contributed by atoms with van der Waals surface area (Å²) in [4.78, 5) is 43.8. The highest BCUT2D eigenvalue weighted by molar-refractivity contribution is 5.98. The number of esters is 1. The number of hydrogen-bond donors (Lipinski definition) is 2. The Morgan fingerprint density at radius 2 is 2.10 bits per heavy atom. The molecule has 0 spiro atoms. The number of amides is 3. The van der Waals surface area contributed by atoms with Crippen LogP contribution in [0.15, 0.2) is 16.5 Å². The third-order valence-electron chi connectivity index (χ3n) is 2.20. The number of imide groups is 1. The van der Waals surface area contributed by atoms with Crippen LogP contribution < -0.4 is 10.6 Å². The largest absolute Gasteiger partial charge is 0.447 e. The summed E-state index contributed by atoms with van der Waals surface area (Å²) in [7, 11) is 0. The molecule has 1 atom stereocenters. The van der Waals surface area contributed by atoms with Gasteiger partial charge in [0.25, 0.3) is 5.91 Å². The van der Waals surface area contributed by atoms with Crippen LogP contribution in [0.3, 0.4) is 0 Å². The molecule has 0 aliphatic heterocycles. The van der Waals surface area contributed by atoms with Crippen LogP contribution in [0, 0.1) is 10.1 Å². The Bertz CT molecular complexity index is 566. The Morgan fingerprint density at radius 1 is 1.43 bits per heavy atom. The van der Waals surface area contributed by atoms with Gasteiger partial charge in [-0.1, -0.05) is 0 Å². The maximum Gasteiger partial charge on any atom is 0.433 e. The van der Waals surface area contributed by atoms with Crippen molar-refractivity contribution in [1.29, 1.82) is 0 Å². The fraction of sp³-hybridized carbons (Fsp3) is 0.364. The molecule has 0 bridgehead atoms. The monoisotopic (exact) mass is 299 g/mol. The van der Waals surface area contributed by atoms with E-state index in [1.165, 1.54) is 6.92 Å². The summed E-state index contributed by atoms with van der Waals surface area (Å²) in [5.74, 6) is -2.93. The minimum atomic E-state index is -1.27. The van der Waals surface area contributed by atoms with Gasteiger partial charge < -0.3 is 14.5 Å². The molecule has 0 aliphatic rings. The van der Waals surface area contributed by atoms with E-state index >= 15 is 0 Å². The molecule has 0 saturated carbocycles. The van der Waals surface area contributed by atoms with E-state index in [1.807, 2.05) is 5.32 Å². The zero-order valence-corrected chi connectivity index (χ0v) is 11.2. The van der Waals surface area contributed by atoms with Crippen molar-refractivity contribution in [2.45, 2.75) is 20.0 Å². The van der Waals surface area contributed by atoms with Crippen molar-refractivity contribution in [3.8, 4) is 0 Å². The molecule has 10 nitrogen and oxygen atoms in total. The van der Waals surface area contributed by atoms with Crippen molar-refractivity contribution in [3.63, 3.8) is 0 Å². The zero-order valence-electron chi connectivity index (χ0n) is 11.2. The van der Waals surface area contributed by atoms with E-state index in [0.29, 0.717) is 6.54 Å². The Morgan fingerprint density at radius 3 is 2.62 bits per heavy atom. The van der Waals surface area contributed by atoms with Crippen LogP contribution in [0.5, 0.6) is 0 Å². The fourth-order valence-electron chi connectivity index (χ4n) is 1.23. The molecule has 2 N–H and O–H groups in total. The quantitative estimate of drug-likeness (QED) is 0.460. The number of carbonyl (C=O) groups is 3. The highest BCUT2D eigenvalue weighted by Gasteiger charge is 2.24. The molecule has 1 aromatic rings. The van der Waals surface area contributed by atoms with Gasteiger partial charge in [-0.3, -0.25) is 20.2 Å². The van der Waals surface area contributed by atoms with E-state index in [2.05, 4.69) is 9.73 Å². The van der Waals surface area contributed by atoms with Crippen LogP contribution in [-0.2, 0) is 9.53 Å². The van der Waals surface area contributed by atoms with Crippen LogP contribution in [0.2, 0.25) is 0 Å². The lowest BCUT2D eigenvalue weighted by molar-refractivity contribution is -0.402. The molecule has 0 aromatic carbocycles. The smallest absolute Gasteiger partial charge is 0.433 e. The lowest BCUT2D eigenvalue weighted by Crippen LogP contribution is -2.44. The van der Waals surface area contributed by atoms with Gasteiger partial charge in [-0.2, -0.15) is 0 Å². The Balaban J connectivity index is 2.58. The first-order valence-corrected chi connectivity index (χ1v) is 5.89. The number of nitrogens with one attached hydrogen (secondary N) is 2. The number of urea groups is 1. The lowest BCUT2D eigenvalue weighted by Gasteiger charge is -2.11. The fourth-order valence-corrected chi connectivity index (χ4v) is 1.23. The minimum Gasteiger partial charge on any atom is -0.447 e. The Labute approximate surface area is 118 Å². The van der Waals surface area contributed by atoms with E-state index in [4.69, 9.17) is 4.74 Å². The van der Waals surface area contributed by atoms with Gasteiger partial charge in [-0.25, -0.2) is 9.59 Å². The maximum atomic E-state index is 11.6. The first-order valence-electron chi connectivity index (χ1n) is 5.89. The van der Waals surface area contributed by atoms with E-state index in [1.54, 1.807) is 6.92 Å². The Kier molecular flexibility index (Phi) is 5.40.